The molecule has 0 saturated carbocycles. The number of aromatic nitrogens is 1. The third kappa shape index (κ3) is 4.49. The normalized spacial score (nSPS) is 14.3. The van der Waals surface area contributed by atoms with Crippen LogP contribution in [0.3, 0.4) is 0 Å². The molecular weight excluding hydrogens is 441 g/mol. The van der Waals surface area contributed by atoms with Crippen LogP contribution >= 0.6 is 11.3 Å². The first kappa shape index (κ1) is 21.5. The summed E-state index contributed by atoms with van der Waals surface area (Å²) in [5.41, 5.74) is 1.12. The summed E-state index contributed by atoms with van der Waals surface area (Å²) < 4.78 is 43.6. The molecular formula is C21H22FN3O4S2. The number of anilines is 1. The van der Waals surface area contributed by atoms with E-state index in [1.807, 2.05) is 4.90 Å². The van der Waals surface area contributed by atoms with E-state index in [1.54, 1.807) is 13.0 Å². The third-order valence-electron chi connectivity index (χ3n) is 5.38. The van der Waals surface area contributed by atoms with Crippen molar-refractivity contribution < 1.29 is 17.6 Å². The summed E-state index contributed by atoms with van der Waals surface area (Å²) in [5.74, 6) is -0.480. The molecule has 0 spiro atoms. The van der Waals surface area contributed by atoms with E-state index in [9.17, 15) is 22.4 Å². The van der Waals surface area contributed by atoms with Gasteiger partial charge in [-0.25, -0.2) is 12.8 Å². The van der Waals surface area contributed by atoms with Gasteiger partial charge in [0.1, 0.15) is 5.82 Å². The Morgan fingerprint density at radius 3 is 2.61 bits per heavy atom. The van der Waals surface area contributed by atoms with E-state index >= 15 is 0 Å². The number of hydrogen-bond acceptors (Lipinski definition) is 5. The number of halogens is 1. The molecule has 1 amide bonds. The number of hydrogen-bond donors (Lipinski definition) is 1. The number of thiazole rings is 1. The average molecular weight is 464 g/mol. The monoisotopic (exact) mass is 463 g/mol. The Labute approximate surface area is 183 Å². The summed E-state index contributed by atoms with van der Waals surface area (Å²) in [6.45, 7) is 3.36. The van der Waals surface area contributed by atoms with Gasteiger partial charge < -0.3 is 4.90 Å². The fraction of sp³-hybridized carbons (Fsp3) is 0.333. The standard InChI is InChI=1S/C21H22FN3O4S2/c1-14-4-5-15(12-17(14)22)23-31(28,29)16-6-7-18-19(13-16)30-21(27)25(18)11-8-20(26)24-9-2-3-10-24/h4-7,12-13,23H,2-3,8-11H2,1H3. The second kappa shape index (κ2) is 8.43. The van der Waals surface area contributed by atoms with E-state index in [2.05, 4.69) is 4.72 Å². The SMILES string of the molecule is Cc1ccc(NS(=O)(=O)c2ccc3c(c2)sc(=O)n3CCC(=O)N2CCCC2)cc1F. The molecule has 0 aliphatic carbocycles. The lowest BCUT2D eigenvalue weighted by molar-refractivity contribution is -0.130. The molecule has 1 aromatic heterocycles. The third-order valence-corrected chi connectivity index (χ3v) is 7.70. The first-order valence-corrected chi connectivity index (χ1v) is 12.2. The smallest absolute Gasteiger partial charge is 0.308 e. The predicted octanol–water partition coefficient (Wildman–Crippen LogP) is 3.32. The molecule has 1 aliphatic rings. The molecule has 1 saturated heterocycles. The first-order chi connectivity index (χ1) is 14.7. The Balaban J connectivity index is 1.56. The van der Waals surface area contributed by atoms with Crippen molar-refractivity contribution in [1.82, 2.24) is 9.47 Å². The van der Waals surface area contributed by atoms with E-state index in [0.29, 0.717) is 15.8 Å². The number of aryl methyl sites for hydroxylation is 2. The van der Waals surface area contributed by atoms with E-state index in [4.69, 9.17) is 0 Å². The lowest BCUT2D eigenvalue weighted by Gasteiger charge is -2.15. The van der Waals surface area contributed by atoms with Crippen LogP contribution in [0.15, 0.2) is 46.1 Å². The second-order valence-electron chi connectivity index (χ2n) is 7.56. The molecule has 1 aliphatic heterocycles. The maximum absolute atomic E-state index is 13.7. The Morgan fingerprint density at radius 1 is 1.16 bits per heavy atom. The highest BCUT2D eigenvalue weighted by atomic mass is 32.2. The fourth-order valence-electron chi connectivity index (χ4n) is 3.63. The molecule has 2 heterocycles. The summed E-state index contributed by atoms with van der Waals surface area (Å²) in [7, 11) is -3.96. The average Bonchev–Trinajstić information content (AvgIpc) is 3.36. The maximum Gasteiger partial charge on any atom is 0.308 e. The largest absolute Gasteiger partial charge is 0.343 e. The minimum absolute atomic E-state index is 0.0254. The number of amides is 1. The Kier molecular flexibility index (Phi) is 5.85. The number of benzene rings is 2. The van der Waals surface area contributed by atoms with Gasteiger partial charge >= 0.3 is 4.87 Å². The number of likely N-dealkylation sites (tertiary alicyclic amines) is 1. The zero-order chi connectivity index (χ0) is 22.2. The number of carbonyl (C=O) groups is 1. The van der Waals surface area contributed by atoms with Gasteiger partial charge in [-0.2, -0.15) is 0 Å². The van der Waals surface area contributed by atoms with Crippen molar-refractivity contribution in [3.63, 3.8) is 0 Å². The lowest BCUT2D eigenvalue weighted by atomic mass is 10.2. The van der Waals surface area contributed by atoms with Gasteiger partial charge in [0, 0.05) is 26.1 Å². The fourth-order valence-corrected chi connectivity index (χ4v) is 5.73. The molecule has 1 N–H and O–H groups in total. The van der Waals surface area contributed by atoms with Crippen LogP contribution in [0.2, 0.25) is 0 Å². The van der Waals surface area contributed by atoms with Crippen LogP contribution in [0.5, 0.6) is 0 Å². The van der Waals surface area contributed by atoms with Gasteiger partial charge in [-0.3, -0.25) is 18.9 Å². The highest BCUT2D eigenvalue weighted by Crippen LogP contribution is 2.24. The lowest BCUT2D eigenvalue weighted by Crippen LogP contribution is -2.29. The molecule has 7 nitrogen and oxygen atoms in total. The van der Waals surface area contributed by atoms with Crippen LogP contribution in [0, 0.1) is 12.7 Å². The van der Waals surface area contributed by atoms with Gasteiger partial charge in [-0.05, 0) is 55.7 Å². The predicted molar refractivity (Wildman–Crippen MR) is 118 cm³/mol. The quantitative estimate of drug-likeness (QED) is 0.607. The minimum atomic E-state index is -3.96. The highest BCUT2D eigenvalue weighted by molar-refractivity contribution is 7.92. The van der Waals surface area contributed by atoms with Gasteiger partial charge in [-0.15, -0.1) is 0 Å². The Bertz CT molecular complexity index is 1310. The Morgan fingerprint density at radius 2 is 1.90 bits per heavy atom. The van der Waals surface area contributed by atoms with E-state index in [0.717, 1.165) is 43.3 Å². The van der Waals surface area contributed by atoms with Gasteiger partial charge in [0.15, 0.2) is 0 Å². The summed E-state index contributed by atoms with van der Waals surface area (Å²) in [4.78, 5) is 26.3. The Hall–Kier alpha value is -2.72. The molecule has 2 aromatic carbocycles. The first-order valence-electron chi connectivity index (χ1n) is 9.95. The number of nitrogens with zero attached hydrogens (tertiary/aromatic N) is 2. The number of carbonyl (C=O) groups excluding carboxylic acids is 1. The van der Waals surface area contributed by atoms with Crippen molar-refractivity contribution in [3.05, 3.63) is 57.4 Å². The summed E-state index contributed by atoms with van der Waals surface area (Å²) in [6, 6.07) is 8.50. The van der Waals surface area contributed by atoms with E-state index in [1.165, 1.54) is 28.8 Å². The molecule has 31 heavy (non-hydrogen) atoms. The van der Waals surface area contributed by atoms with Crippen molar-refractivity contribution in [2.75, 3.05) is 17.8 Å². The molecule has 0 bridgehead atoms. The molecule has 3 aromatic rings. The zero-order valence-electron chi connectivity index (χ0n) is 16.9. The summed E-state index contributed by atoms with van der Waals surface area (Å²) >= 11 is 0.934. The van der Waals surface area contributed by atoms with Crippen molar-refractivity contribution in [1.29, 1.82) is 0 Å². The number of rotatable bonds is 6. The minimum Gasteiger partial charge on any atom is -0.343 e. The number of sulfonamides is 1. The van der Waals surface area contributed by atoms with E-state index < -0.39 is 15.8 Å². The molecule has 1 fully saturated rings. The topological polar surface area (TPSA) is 88.5 Å². The second-order valence-corrected chi connectivity index (χ2v) is 10.2. The summed E-state index contributed by atoms with van der Waals surface area (Å²) in [6.07, 6.45) is 2.24. The van der Waals surface area contributed by atoms with Gasteiger partial charge in [0.25, 0.3) is 10.0 Å². The van der Waals surface area contributed by atoms with Crippen LogP contribution in [0.1, 0.15) is 24.8 Å². The number of nitrogens with one attached hydrogen (secondary N) is 1. The molecule has 0 radical (unpaired) electrons. The zero-order valence-corrected chi connectivity index (χ0v) is 18.6. The maximum atomic E-state index is 13.7. The van der Waals surface area contributed by atoms with Crippen molar-refractivity contribution in [3.8, 4) is 0 Å². The van der Waals surface area contributed by atoms with Crippen LogP contribution in [-0.2, 0) is 21.4 Å². The van der Waals surface area contributed by atoms with Gasteiger partial charge in [0.05, 0.1) is 20.8 Å². The molecule has 0 unspecified atom stereocenters. The van der Waals surface area contributed by atoms with Crippen molar-refractivity contribution in [2.45, 2.75) is 37.6 Å². The molecule has 0 atom stereocenters. The van der Waals surface area contributed by atoms with Gasteiger partial charge in [-0.1, -0.05) is 17.4 Å². The highest BCUT2D eigenvalue weighted by Gasteiger charge is 2.20. The van der Waals surface area contributed by atoms with Crippen LogP contribution < -0.4 is 9.60 Å². The van der Waals surface area contributed by atoms with E-state index in [-0.39, 0.29) is 34.3 Å². The number of fused-ring (bicyclic) bond motifs is 1. The molecule has 4 rings (SSSR count). The molecule has 164 valence electrons. The van der Waals surface area contributed by atoms with Gasteiger partial charge in [0.2, 0.25) is 5.91 Å². The van der Waals surface area contributed by atoms with Crippen LogP contribution in [-0.4, -0.2) is 36.9 Å². The summed E-state index contributed by atoms with van der Waals surface area (Å²) in [5, 5.41) is 0. The van der Waals surface area contributed by atoms with Crippen molar-refractivity contribution in [2.24, 2.45) is 0 Å². The van der Waals surface area contributed by atoms with Crippen LogP contribution in [0.25, 0.3) is 10.2 Å². The van der Waals surface area contributed by atoms with Crippen molar-refractivity contribution >= 4 is 43.2 Å². The van der Waals surface area contributed by atoms with Crippen LogP contribution in [0.4, 0.5) is 10.1 Å². The molecule has 10 heteroatoms.